The molecule has 1 aliphatic rings. The molecule has 0 unspecified atom stereocenters. The number of nitrogens with zero attached hydrogens (tertiary/aromatic N) is 1. The maximum Gasteiger partial charge on any atom is 0.233 e. The predicted octanol–water partition coefficient (Wildman–Crippen LogP) is 3.22. The second-order valence-corrected chi connectivity index (χ2v) is 6.44. The Balaban J connectivity index is 1.60. The van der Waals surface area contributed by atoms with Gasteiger partial charge in [0.2, 0.25) is 11.8 Å². The predicted molar refractivity (Wildman–Crippen MR) is 94.7 cm³/mol. The standard InChI is InChI=1S/C20H22N2O2/c1-14-9-15(2)11-18(10-14)21-19(23)12-20(24)22-8-7-16-5-3-4-6-17(16)13-22/h3-6,9-11H,7-8,12-13H2,1-2H3,(H,21,23). The third-order valence-corrected chi connectivity index (χ3v) is 4.30. The van der Waals surface area contributed by atoms with E-state index in [1.165, 1.54) is 11.1 Å². The first-order valence-corrected chi connectivity index (χ1v) is 8.24. The molecule has 2 aromatic rings. The topological polar surface area (TPSA) is 49.4 Å². The van der Waals surface area contributed by atoms with Gasteiger partial charge < -0.3 is 10.2 Å². The zero-order chi connectivity index (χ0) is 17.1. The number of hydrogen-bond donors (Lipinski definition) is 1. The monoisotopic (exact) mass is 322 g/mol. The van der Waals surface area contributed by atoms with Crippen molar-refractivity contribution in [1.82, 2.24) is 4.90 Å². The summed E-state index contributed by atoms with van der Waals surface area (Å²) in [6, 6.07) is 14.0. The van der Waals surface area contributed by atoms with Crippen molar-refractivity contribution in [3.05, 3.63) is 64.7 Å². The molecule has 1 N–H and O–H groups in total. The van der Waals surface area contributed by atoms with E-state index < -0.39 is 0 Å². The highest BCUT2D eigenvalue weighted by Gasteiger charge is 2.22. The molecule has 2 amide bonds. The smallest absolute Gasteiger partial charge is 0.233 e. The highest BCUT2D eigenvalue weighted by molar-refractivity contribution is 6.03. The van der Waals surface area contributed by atoms with Crippen LogP contribution >= 0.6 is 0 Å². The minimum absolute atomic E-state index is 0.116. The Morgan fingerprint density at radius 1 is 1.04 bits per heavy atom. The van der Waals surface area contributed by atoms with Crippen LogP contribution < -0.4 is 5.32 Å². The number of nitrogens with one attached hydrogen (secondary N) is 1. The highest BCUT2D eigenvalue weighted by Crippen LogP contribution is 2.19. The minimum atomic E-state index is -0.260. The van der Waals surface area contributed by atoms with Crippen molar-refractivity contribution in [3.63, 3.8) is 0 Å². The molecule has 0 bridgehead atoms. The first kappa shape index (κ1) is 16.2. The molecule has 0 aromatic heterocycles. The highest BCUT2D eigenvalue weighted by atomic mass is 16.2. The van der Waals surface area contributed by atoms with Gasteiger partial charge in [0, 0.05) is 18.8 Å². The fourth-order valence-corrected chi connectivity index (χ4v) is 3.21. The number of carbonyl (C=O) groups is 2. The molecule has 1 aliphatic heterocycles. The van der Waals surface area contributed by atoms with E-state index in [0.29, 0.717) is 13.1 Å². The summed E-state index contributed by atoms with van der Waals surface area (Å²) in [6.07, 6.45) is 0.732. The molecule has 0 radical (unpaired) electrons. The van der Waals surface area contributed by atoms with E-state index in [1.807, 2.05) is 50.2 Å². The van der Waals surface area contributed by atoms with Crippen molar-refractivity contribution in [3.8, 4) is 0 Å². The van der Waals surface area contributed by atoms with E-state index in [9.17, 15) is 9.59 Å². The SMILES string of the molecule is Cc1cc(C)cc(NC(=O)CC(=O)N2CCc3ccccc3C2)c1. The third-order valence-electron chi connectivity index (χ3n) is 4.30. The quantitative estimate of drug-likeness (QED) is 0.882. The Morgan fingerprint density at radius 2 is 1.71 bits per heavy atom. The summed E-state index contributed by atoms with van der Waals surface area (Å²) in [5, 5.41) is 2.83. The maximum absolute atomic E-state index is 12.4. The van der Waals surface area contributed by atoms with E-state index in [2.05, 4.69) is 11.4 Å². The molecule has 0 spiro atoms. The molecule has 124 valence electrons. The molecular formula is C20H22N2O2. The van der Waals surface area contributed by atoms with Gasteiger partial charge >= 0.3 is 0 Å². The zero-order valence-electron chi connectivity index (χ0n) is 14.1. The molecule has 4 heteroatoms. The largest absolute Gasteiger partial charge is 0.338 e. The van der Waals surface area contributed by atoms with Crippen LogP contribution in [0.3, 0.4) is 0 Å². The molecular weight excluding hydrogens is 300 g/mol. The van der Waals surface area contributed by atoms with Crippen LogP contribution in [0.5, 0.6) is 0 Å². The number of fused-ring (bicyclic) bond motifs is 1. The van der Waals surface area contributed by atoms with Gasteiger partial charge in [0.1, 0.15) is 6.42 Å². The lowest BCUT2D eigenvalue weighted by atomic mass is 10.00. The van der Waals surface area contributed by atoms with E-state index in [-0.39, 0.29) is 18.2 Å². The Hall–Kier alpha value is -2.62. The van der Waals surface area contributed by atoms with Crippen molar-refractivity contribution in [2.75, 3.05) is 11.9 Å². The van der Waals surface area contributed by atoms with Gasteiger partial charge in [0.05, 0.1) is 0 Å². The molecule has 0 fully saturated rings. The van der Waals surface area contributed by atoms with Gasteiger partial charge in [-0.2, -0.15) is 0 Å². The van der Waals surface area contributed by atoms with Crippen LogP contribution in [-0.4, -0.2) is 23.3 Å². The second-order valence-electron chi connectivity index (χ2n) is 6.44. The van der Waals surface area contributed by atoms with Gasteiger partial charge in [-0.25, -0.2) is 0 Å². The van der Waals surface area contributed by atoms with Gasteiger partial charge in [0.25, 0.3) is 0 Å². The number of amides is 2. The molecule has 0 saturated carbocycles. The summed E-state index contributed by atoms with van der Waals surface area (Å²) in [5.74, 6) is -0.379. The Labute approximate surface area is 142 Å². The molecule has 1 heterocycles. The number of rotatable bonds is 3. The van der Waals surface area contributed by atoms with Crippen LogP contribution in [0.2, 0.25) is 0 Å². The Morgan fingerprint density at radius 3 is 2.42 bits per heavy atom. The third kappa shape index (κ3) is 3.82. The molecule has 4 nitrogen and oxygen atoms in total. The fourth-order valence-electron chi connectivity index (χ4n) is 3.21. The average molecular weight is 322 g/mol. The molecule has 2 aromatic carbocycles. The summed E-state index contributed by atoms with van der Waals surface area (Å²) in [5.41, 5.74) is 5.39. The van der Waals surface area contributed by atoms with Gasteiger partial charge in [-0.15, -0.1) is 0 Å². The van der Waals surface area contributed by atoms with Crippen LogP contribution in [0.25, 0.3) is 0 Å². The number of hydrogen-bond acceptors (Lipinski definition) is 2. The number of aryl methyl sites for hydroxylation is 2. The van der Waals surface area contributed by atoms with Gasteiger partial charge in [-0.1, -0.05) is 30.3 Å². The lowest BCUT2D eigenvalue weighted by molar-refractivity contribution is -0.135. The van der Waals surface area contributed by atoms with Crippen molar-refractivity contribution in [1.29, 1.82) is 0 Å². The van der Waals surface area contributed by atoms with Crippen molar-refractivity contribution in [2.45, 2.75) is 33.2 Å². The van der Waals surface area contributed by atoms with Crippen molar-refractivity contribution in [2.24, 2.45) is 0 Å². The van der Waals surface area contributed by atoms with Crippen LogP contribution in [0.1, 0.15) is 28.7 Å². The van der Waals surface area contributed by atoms with Gasteiger partial charge in [-0.05, 0) is 54.7 Å². The van der Waals surface area contributed by atoms with Crippen LogP contribution in [0.4, 0.5) is 5.69 Å². The van der Waals surface area contributed by atoms with Crippen LogP contribution in [0.15, 0.2) is 42.5 Å². The summed E-state index contributed by atoms with van der Waals surface area (Å²) in [6.45, 7) is 5.23. The summed E-state index contributed by atoms with van der Waals surface area (Å²) >= 11 is 0. The van der Waals surface area contributed by atoms with Gasteiger partial charge in [-0.3, -0.25) is 9.59 Å². The first-order chi connectivity index (χ1) is 11.5. The molecule has 24 heavy (non-hydrogen) atoms. The number of anilines is 1. The Kier molecular flexibility index (Phi) is 4.65. The fraction of sp³-hybridized carbons (Fsp3) is 0.300. The van der Waals surface area contributed by atoms with E-state index in [4.69, 9.17) is 0 Å². The number of carbonyl (C=O) groups excluding carboxylic acids is 2. The average Bonchev–Trinajstić information content (AvgIpc) is 2.53. The van der Waals surface area contributed by atoms with Crippen LogP contribution in [-0.2, 0) is 22.6 Å². The van der Waals surface area contributed by atoms with E-state index in [0.717, 1.165) is 23.2 Å². The van der Waals surface area contributed by atoms with E-state index >= 15 is 0 Å². The maximum atomic E-state index is 12.4. The minimum Gasteiger partial charge on any atom is -0.338 e. The summed E-state index contributed by atoms with van der Waals surface area (Å²) in [7, 11) is 0. The van der Waals surface area contributed by atoms with Gasteiger partial charge in [0.15, 0.2) is 0 Å². The summed E-state index contributed by atoms with van der Waals surface area (Å²) < 4.78 is 0. The Bertz CT molecular complexity index is 763. The lowest BCUT2D eigenvalue weighted by Gasteiger charge is -2.28. The molecule has 0 aliphatic carbocycles. The first-order valence-electron chi connectivity index (χ1n) is 8.24. The zero-order valence-corrected chi connectivity index (χ0v) is 14.1. The summed E-state index contributed by atoms with van der Waals surface area (Å²) in [4.78, 5) is 26.3. The second kappa shape index (κ2) is 6.87. The molecule has 0 saturated heterocycles. The molecule has 0 atom stereocenters. The molecule has 3 rings (SSSR count). The van der Waals surface area contributed by atoms with Crippen molar-refractivity contribution >= 4 is 17.5 Å². The number of benzene rings is 2. The normalized spacial score (nSPS) is 13.3. The van der Waals surface area contributed by atoms with E-state index in [1.54, 1.807) is 4.90 Å². The van der Waals surface area contributed by atoms with Crippen LogP contribution in [0, 0.1) is 13.8 Å². The van der Waals surface area contributed by atoms with Crippen molar-refractivity contribution < 1.29 is 9.59 Å². The lowest BCUT2D eigenvalue weighted by Crippen LogP contribution is -2.37.